The lowest BCUT2D eigenvalue weighted by molar-refractivity contribution is 0.300. The molecule has 0 radical (unpaired) electrons. The van der Waals surface area contributed by atoms with Gasteiger partial charge in [-0.1, -0.05) is 18.2 Å². The molecule has 6 heteroatoms. The molecule has 0 unspecified atom stereocenters. The predicted molar refractivity (Wildman–Crippen MR) is 63.8 cm³/mol. The Morgan fingerprint density at radius 2 is 2.06 bits per heavy atom. The molecule has 5 nitrogen and oxygen atoms in total. The van der Waals surface area contributed by atoms with E-state index in [4.69, 9.17) is 14.8 Å². The summed E-state index contributed by atoms with van der Waals surface area (Å²) in [6.45, 7) is 0.296. The Bertz CT molecular complexity index is 499. The Morgan fingerprint density at radius 1 is 1.29 bits per heavy atom. The first-order valence-electron chi connectivity index (χ1n) is 5.23. The van der Waals surface area contributed by atoms with E-state index in [2.05, 4.69) is 5.10 Å². The molecule has 0 atom stereocenters. The third-order valence-corrected chi connectivity index (χ3v) is 2.34. The molecule has 0 saturated carbocycles. The monoisotopic (exact) mass is 232 g/mol. The highest BCUT2D eigenvalue weighted by Crippen LogP contribution is 2.09. The molecule has 2 rings (SSSR count). The first-order chi connectivity index (χ1) is 8.16. The largest absolute Gasteiger partial charge is 0.492 e. The van der Waals surface area contributed by atoms with E-state index in [0.717, 1.165) is 5.69 Å². The number of para-hydroxylation sites is 1. The standard InChI is InChI=1S/C11H13BN2O3/c1-14-7-6-9(13-14)8-17-11-5-3-2-4-10(11)12(15)16/h2-7,15-16H,8H2,1H3. The fourth-order valence-electron chi connectivity index (χ4n) is 1.52. The predicted octanol–water partition coefficient (Wildman–Crippen LogP) is -0.321. The third-order valence-electron chi connectivity index (χ3n) is 2.34. The van der Waals surface area contributed by atoms with Crippen LogP contribution in [0.3, 0.4) is 0 Å². The van der Waals surface area contributed by atoms with Gasteiger partial charge in [0.15, 0.2) is 0 Å². The van der Waals surface area contributed by atoms with Crippen molar-refractivity contribution in [3.8, 4) is 5.75 Å². The molecule has 88 valence electrons. The zero-order chi connectivity index (χ0) is 12.3. The second kappa shape index (κ2) is 5.03. The van der Waals surface area contributed by atoms with Gasteiger partial charge in [-0.25, -0.2) is 0 Å². The van der Waals surface area contributed by atoms with Crippen molar-refractivity contribution >= 4 is 12.6 Å². The van der Waals surface area contributed by atoms with E-state index in [1.54, 1.807) is 28.9 Å². The van der Waals surface area contributed by atoms with Crippen LogP contribution in [-0.2, 0) is 13.7 Å². The summed E-state index contributed by atoms with van der Waals surface area (Å²) in [4.78, 5) is 0. The first kappa shape index (κ1) is 11.7. The molecule has 2 aromatic rings. The van der Waals surface area contributed by atoms with Gasteiger partial charge in [0.2, 0.25) is 0 Å². The summed E-state index contributed by atoms with van der Waals surface area (Å²) in [5.74, 6) is 0.452. The van der Waals surface area contributed by atoms with Crippen molar-refractivity contribution < 1.29 is 14.8 Å². The number of aromatic nitrogens is 2. The molecule has 0 aliphatic carbocycles. The van der Waals surface area contributed by atoms with E-state index < -0.39 is 7.12 Å². The number of aryl methyl sites for hydroxylation is 1. The van der Waals surface area contributed by atoms with Gasteiger partial charge in [-0.15, -0.1) is 0 Å². The number of benzene rings is 1. The zero-order valence-electron chi connectivity index (χ0n) is 9.45. The van der Waals surface area contributed by atoms with Gasteiger partial charge in [0, 0.05) is 18.7 Å². The second-order valence-electron chi connectivity index (χ2n) is 3.68. The summed E-state index contributed by atoms with van der Waals surface area (Å²) in [5.41, 5.74) is 1.14. The average molecular weight is 232 g/mol. The smallest absolute Gasteiger partial charge is 0.488 e. The van der Waals surface area contributed by atoms with Crippen molar-refractivity contribution in [2.24, 2.45) is 7.05 Å². The van der Waals surface area contributed by atoms with Gasteiger partial charge in [-0.05, 0) is 12.1 Å². The fourth-order valence-corrected chi connectivity index (χ4v) is 1.52. The Labute approximate surface area is 99.4 Å². The van der Waals surface area contributed by atoms with Crippen LogP contribution in [0.25, 0.3) is 0 Å². The fraction of sp³-hybridized carbons (Fsp3) is 0.182. The normalized spacial score (nSPS) is 10.3. The molecule has 0 aliphatic heterocycles. The number of hydrogen-bond donors (Lipinski definition) is 2. The van der Waals surface area contributed by atoms with Crippen LogP contribution in [-0.4, -0.2) is 26.9 Å². The van der Waals surface area contributed by atoms with E-state index in [9.17, 15) is 0 Å². The van der Waals surface area contributed by atoms with Gasteiger partial charge < -0.3 is 14.8 Å². The van der Waals surface area contributed by atoms with Crippen LogP contribution in [0.5, 0.6) is 5.75 Å². The molecule has 17 heavy (non-hydrogen) atoms. The van der Waals surface area contributed by atoms with Crippen LogP contribution < -0.4 is 10.2 Å². The van der Waals surface area contributed by atoms with Crippen LogP contribution >= 0.6 is 0 Å². The minimum absolute atomic E-state index is 0.296. The summed E-state index contributed by atoms with van der Waals surface area (Å²) < 4.78 is 7.19. The third kappa shape index (κ3) is 2.86. The molecule has 0 fully saturated rings. The number of hydrogen-bond acceptors (Lipinski definition) is 4. The summed E-state index contributed by atoms with van der Waals surface area (Å²) in [7, 11) is 0.296. The average Bonchev–Trinajstić information content (AvgIpc) is 2.73. The molecule has 0 amide bonds. The zero-order valence-corrected chi connectivity index (χ0v) is 9.45. The lowest BCUT2D eigenvalue weighted by Crippen LogP contribution is -2.31. The van der Waals surface area contributed by atoms with E-state index in [-0.39, 0.29) is 0 Å². The number of nitrogens with zero attached hydrogens (tertiary/aromatic N) is 2. The van der Waals surface area contributed by atoms with Crippen molar-refractivity contribution in [1.82, 2.24) is 9.78 Å². The highest BCUT2D eigenvalue weighted by atomic mass is 16.5. The minimum atomic E-state index is -1.53. The molecule has 1 aromatic carbocycles. The maximum absolute atomic E-state index is 9.16. The maximum atomic E-state index is 9.16. The van der Waals surface area contributed by atoms with Crippen LogP contribution in [0.1, 0.15) is 5.69 Å². The minimum Gasteiger partial charge on any atom is -0.488 e. The van der Waals surface area contributed by atoms with E-state index in [1.807, 2.05) is 19.3 Å². The van der Waals surface area contributed by atoms with Crippen molar-refractivity contribution in [2.75, 3.05) is 0 Å². The van der Waals surface area contributed by atoms with E-state index >= 15 is 0 Å². The van der Waals surface area contributed by atoms with Crippen molar-refractivity contribution in [3.63, 3.8) is 0 Å². The lowest BCUT2D eigenvalue weighted by atomic mass is 9.79. The summed E-state index contributed by atoms with van der Waals surface area (Å²) in [6, 6.07) is 8.65. The van der Waals surface area contributed by atoms with Gasteiger partial charge >= 0.3 is 7.12 Å². The Hall–Kier alpha value is -1.79. The molecule has 1 aromatic heterocycles. The van der Waals surface area contributed by atoms with E-state index in [1.165, 1.54) is 0 Å². The van der Waals surface area contributed by atoms with Crippen molar-refractivity contribution in [1.29, 1.82) is 0 Å². The van der Waals surface area contributed by atoms with Crippen molar-refractivity contribution in [2.45, 2.75) is 6.61 Å². The van der Waals surface area contributed by atoms with Crippen LogP contribution in [0.4, 0.5) is 0 Å². The van der Waals surface area contributed by atoms with Crippen LogP contribution in [0.15, 0.2) is 36.5 Å². The molecular weight excluding hydrogens is 219 g/mol. The van der Waals surface area contributed by atoms with Gasteiger partial charge in [0.1, 0.15) is 12.4 Å². The van der Waals surface area contributed by atoms with Gasteiger partial charge in [-0.2, -0.15) is 5.10 Å². The Kier molecular flexibility index (Phi) is 3.46. The number of ether oxygens (including phenoxy) is 1. The van der Waals surface area contributed by atoms with Crippen LogP contribution in [0.2, 0.25) is 0 Å². The van der Waals surface area contributed by atoms with Gasteiger partial charge in [0.25, 0.3) is 0 Å². The quantitative estimate of drug-likeness (QED) is 0.709. The molecule has 0 aliphatic rings. The highest BCUT2D eigenvalue weighted by molar-refractivity contribution is 6.59. The van der Waals surface area contributed by atoms with E-state index in [0.29, 0.717) is 17.8 Å². The SMILES string of the molecule is Cn1ccc(COc2ccccc2B(O)O)n1. The van der Waals surface area contributed by atoms with Crippen LogP contribution in [0, 0.1) is 0 Å². The Balaban J connectivity index is 2.08. The number of rotatable bonds is 4. The lowest BCUT2D eigenvalue weighted by Gasteiger charge is -2.09. The highest BCUT2D eigenvalue weighted by Gasteiger charge is 2.16. The van der Waals surface area contributed by atoms with Gasteiger partial charge in [0.05, 0.1) is 5.69 Å². The molecule has 0 saturated heterocycles. The molecule has 1 heterocycles. The molecule has 0 spiro atoms. The maximum Gasteiger partial charge on any atom is 0.492 e. The van der Waals surface area contributed by atoms with Crippen molar-refractivity contribution in [3.05, 3.63) is 42.2 Å². The van der Waals surface area contributed by atoms with Gasteiger partial charge in [-0.3, -0.25) is 4.68 Å². The summed E-state index contributed by atoms with van der Waals surface area (Å²) in [6.07, 6.45) is 1.82. The second-order valence-corrected chi connectivity index (χ2v) is 3.68. The summed E-state index contributed by atoms with van der Waals surface area (Å²) in [5, 5.41) is 22.5. The summed E-state index contributed by atoms with van der Waals surface area (Å²) >= 11 is 0. The topological polar surface area (TPSA) is 67.5 Å². The molecule has 0 bridgehead atoms. The molecule has 2 N–H and O–H groups in total. The Morgan fingerprint density at radius 3 is 2.71 bits per heavy atom. The molecular formula is C11H13BN2O3. The first-order valence-corrected chi connectivity index (χ1v) is 5.23.